The molecule has 1 N–H and O–H groups in total. The third kappa shape index (κ3) is 5.86. The Morgan fingerprint density at radius 2 is 1.68 bits per heavy atom. The van der Waals surface area contributed by atoms with Crippen LogP contribution in [0, 0.1) is 5.82 Å². The van der Waals surface area contributed by atoms with Crippen molar-refractivity contribution in [1.29, 1.82) is 0 Å². The Kier molecular flexibility index (Phi) is 8.42. The van der Waals surface area contributed by atoms with Crippen LogP contribution < -0.4 is 24.4 Å². The standard InChI is InChI=1S/C28H28FN3O5S/c1-4-37-22-12-8-20(9-13-22)30-26(33)16-23-27(34)32(21-10-6-19(29)7-11-21)28(38)31(23)17-18-5-14-24(35-2)25(15-18)36-3/h5-15,23H,4,16-17H2,1-3H3,(H,30,33). The SMILES string of the molecule is CCOc1ccc(NC(=O)CC2C(=O)N(c3ccc(F)cc3)C(=S)N2Cc2ccc(OC)c(OC)c2)cc1. The van der Waals surface area contributed by atoms with Crippen LogP contribution in [0.3, 0.4) is 0 Å². The number of anilines is 2. The van der Waals surface area contributed by atoms with Crippen molar-refractivity contribution in [2.75, 3.05) is 31.0 Å². The first-order valence-corrected chi connectivity index (χ1v) is 12.4. The van der Waals surface area contributed by atoms with Crippen LogP contribution in [-0.4, -0.2) is 48.7 Å². The monoisotopic (exact) mass is 537 g/mol. The number of carbonyl (C=O) groups is 2. The Morgan fingerprint density at radius 3 is 2.32 bits per heavy atom. The molecule has 2 amide bonds. The summed E-state index contributed by atoms with van der Waals surface area (Å²) >= 11 is 5.70. The number of rotatable bonds is 10. The highest BCUT2D eigenvalue weighted by Crippen LogP contribution is 2.32. The molecule has 0 radical (unpaired) electrons. The van der Waals surface area contributed by atoms with Crippen molar-refractivity contribution in [3.8, 4) is 17.2 Å². The molecule has 1 unspecified atom stereocenters. The van der Waals surface area contributed by atoms with Gasteiger partial charge < -0.3 is 24.4 Å². The predicted octanol–water partition coefficient (Wildman–Crippen LogP) is 4.77. The van der Waals surface area contributed by atoms with Gasteiger partial charge in [-0.3, -0.25) is 14.5 Å². The topological polar surface area (TPSA) is 80.3 Å². The van der Waals surface area contributed by atoms with Gasteiger partial charge in [-0.2, -0.15) is 0 Å². The zero-order chi connectivity index (χ0) is 27.2. The van der Waals surface area contributed by atoms with Gasteiger partial charge in [0.2, 0.25) is 5.91 Å². The van der Waals surface area contributed by atoms with E-state index in [0.29, 0.717) is 35.2 Å². The van der Waals surface area contributed by atoms with Crippen molar-refractivity contribution < 1.29 is 28.2 Å². The molecule has 0 aromatic heterocycles. The van der Waals surface area contributed by atoms with E-state index in [1.807, 2.05) is 13.0 Å². The summed E-state index contributed by atoms with van der Waals surface area (Å²) in [6.45, 7) is 2.67. The van der Waals surface area contributed by atoms with Crippen LogP contribution in [0.1, 0.15) is 18.9 Å². The fraction of sp³-hybridized carbons (Fsp3) is 0.250. The van der Waals surface area contributed by atoms with Crippen LogP contribution in [0.5, 0.6) is 17.2 Å². The van der Waals surface area contributed by atoms with Crippen LogP contribution in [0.15, 0.2) is 66.7 Å². The Morgan fingerprint density at radius 1 is 1.00 bits per heavy atom. The average molecular weight is 538 g/mol. The molecular weight excluding hydrogens is 509 g/mol. The van der Waals surface area contributed by atoms with Crippen LogP contribution >= 0.6 is 12.2 Å². The molecule has 3 aromatic rings. The summed E-state index contributed by atoms with van der Waals surface area (Å²) in [5, 5.41) is 3.05. The van der Waals surface area contributed by atoms with E-state index in [1.54, 1.807) is 48.4 Å². The Bertz CT molecular complexity index is 1320. The van der Waals surface area contributed by atoms with E-state index in [4.69, 9.17) is 26.4 Å². The fourth-order valence-electron chi connectivity index (χ4n) is 4.21. The molecule has 1 aliphatic heterocycles. The van der Waals surface area contributed by atoms with Crippen molar-refractivity contribution in [1.82, 2.24) is 4.90 Å². The lowest BCUT2D eigenvalue weighted by atomic mass is 10.1. The van der Waals surface area contributed by atoms with Gasteiger partial charge in [-0.25, -0.2) is 4.39 Å². The van der Waals surface area contributed by atoms with E-state index in [0.717, 1.165) is 5.56 Å². The molecule has 1 fully saturated rings. The number of carbonyl (C=O) groups excluding carboxylic acids is 2. The van der Waals surface area contributed by atoms with Gasteiger partial charge >= 0.3 is 0 Å². The van der Waals surface area contributed by atoms with Crippen molar-refractivity contribution in [2.24, 2.45) is 0 Å². The maximum absolute atomic E-state index is 13.6. The summed E-state index contributed by atoms with van der Waals surface area (Å²) in [5.74, 6) is 0.632. The summed E-state index contributed by atoms with van der Waals surface area (Å²) in [7, 11) is 3.08. The van der Waals surface area contributed by atoms with Gasteiger partial charge in [0.05, 0.1) is 32.9 Å². The second-order valence-corrected chi connectivity index (χ2v) is 8.84. The van der Waals surface area contributed by atoms with Gasteiger partial charge in [0, 0.05) is 12.2 Å². The van der Waals surface area contributed by atoms with Gasteiger partial charge in [-0.1, -0.05) is 6.07 Å². The van der Waals surface area contributed by atoms with Crippen LogP contribution in [0.4, 0.5) is 15.8 Å². The Balaban J connectivity index is 1.59. The van der Waals surface area contributed by atoms with E-state index >= 15 is 0 Å². The molecule has 4 rings (SSSR count). The molecule has 0 aliphatic carbocycles. The third-order valence-corrected chi connectivity index (χ3v) is 6.45. The minimum atomic E-state index is -0.872. The lowest BCUT2D eigenvalue weighted by Gasteiger charge is -2.24. The minimum absolute atomic E-state index is 0.142. The summed E-state index contributed by atoms with van der Waals surface area (Å²) in [6.07, 6.45) is -0.142. The van der Waals surface area contributed by atoms with Crippen molar-refractivity contribution in [3.05, 3.63) is 78.1 Å². The summed E-state index contributed by atoms with van der Waals surface area (Å²) in [5.41, 5.74) is 1.80. The Labute approximate surface area is 225 Å². The molecule has 1 atom stereocenters. The highest BCUT2D eigenvalue weighted by molar-refractivity contribution is 7.80. The third-order valence-electron chi connectivity index (χ3n) is 6.03. The molecule has 1 heterocycles. The highest BCUT2D eigenvalue weighted by Gasteiger charge is 2.44. The van der Waals surface area contributed by atoms with E-state index in [2.05, 4.69) is 5.32 Å². The molecule has 1 saturated heterocycles. The van der Waals surface area contributed by atoms with Crippen LogP contribution in [-0.2, 0) is 16.1 Å². The first-order valence-electron chi connectivity index (χ1n) is 12.0. The van der Waals surface area contributed by atoms with Crippen molar-refractivity contribution in [3.63, 3.8) is 0 Å². The summed E-state index contributed by atoms with van der Waals surface area (Å²) < 4.78 is 29.7. The maximum Gasteiger partial charge on any atom is 0.256 e. The number of hydrogen-bond acceptors (Lipinski definition) is 6. The number of methoxy groups -OCH3 is 2. The zero-order valence-corrected chi connectivity index (χ0v) is 22.1. The number of nitrogens with one attached hydrogen (secondary N) is 1. The van der Waals surface area contributed by atoms with Gasteiger partial charge in [-0.15, -0.1) is 0 Å². The predicted molar refractivity (Wildman–Crippen MR) is 146 cm³/mol. The average Bonchev–Trinajstić information content (AvgIpc) is 3.14. The van der Waals surface area contributed by atoms with Crippen molar-refractivity contribution in [2.45, 2.75) is 25.9 Å². The van der Waals surface area contributed by atoms with Gasteiger partial charge in [0.15, 0.2) is 16.6 Å². The second-order valence-electron chi connectivity index (χ2n) is 8.48. The minimum Gasteiger partial charge on any atom is -0.494 e. The van der Waals surface area contributed by atoms with E-state index in [1.165, 1.54) is 36.3 Å². The first kappa shape index (κ1) is 26.9. The lowest BCUT2D eigenvalue weighted by Crippen LogP contribution is -2.37. The van der Waals surface area contributed by atoms with Gasteiger partial charge in [0.25, 0.3) is 5.91 Å². The number of benzene rings is 3. The molecule has 0 spiro atoms. The van der Waals surface area contributed by atoms with Crippen molar-refractivity contribution >= 4 is 40.5 Å². The fourth-order valence-corrected chi connectivity index (χ4v) is 4.59. The smallest absolute Gasteiger partial charge is 0.256 e. The largest absolute Gasteiger partial charge is 0.494 e. The molecule has 0 saturated carbocycles. The highest BCUT2D eigenvalue weighted by atomic mass is 32.1. The number of amides is 2. The van der Waals surface area contributed by atoms with Gasteiger partial charge in [0.1, 0.15) is 17.6 Å². The zero-order valence-electron chi connectivity index (χ0n) is 21.3. The summed E-state index contributed by atoms with van der Waals surface area (Å²) in [6, 6.07) is 17.0. The Hall–Kier alpha value is -4.18. The molecule has 38 heavy (non-hydrogen) atoms. The van der Waals surface area contributed by atoms with Gasteiger partial charge in [-0.05, 0) is 85.4 Å². The molecule has 8 nitrogen and oxygen atoms in total. The quantitative estimate of drug-likeness (QED) is 0.373. The normalized spacial score (nSPS) is 15.0. The first-order chi connectivity index (χ1) is 18.3. The number of thiocarbonyl (C=S) groups is 1. The van der Waals surface area contributed by atoms with E-state index < -0.39 is 11.9 Å². The van der Waals surface area contributed by atoms with E-state index in [9.17, 15) is 14.0 Å². The maximum atomic E-state index is 13.6. The van der Waals surface area contributed by atoms with Crippen LogP contribution in [0.25, 0.3) is 0 Å². The molecule has 198 valence electrons. The van der Waals surface area contributed by atoms with Crippen LogP contribution in [0.2, 0.25) is 0 Å². The van der Waals surface area contributed by atoms with E-state index in [-0.39, 0.29) is 29.9 Å². The number of ether oxygens (including phenoxy) is 3. The molecule has 0 bridgehead atoms. The molecular formula is C28H28FN3O5S. The second kappa shape index (κ2) is 11.9. The molecule has 10 heteroatoms. The number of halogens is 1. The lowest BCUT2D eigenvalue weighted by molar-refractivity contribution is -0.124. The summed E-state index contributed by atoms with van der Waals surface area (Å²) in [4.78, 5) is 29.7. The molecule has 1 aliphatic rings. The number of nitrogens with zero attached hydrogens (tertiary/aromatic N) is 2. The molecule has 3 aromatic carbocycles. The number of hydrogen-bond donors (Lipinski definition) is 1.